The van der Waals surface area contributed by atoms with Crippen molar-refractivity contribution in [2.75, 3.05) is 24.6 Å². The van der Waals surface area contributed by atoms with E-state index in [0.717, 1.165) is 5.69 Å². The van der Waals surface area contributed by atoms with Crippen LogP contribution < -0.4 is 10.6 Å². The lowest BCUT2D eigenvalue weighted by molar-refractivity contribution is -0.135. The van der Waals surface area contributed by atoms with Crippen LogP contribution in [-0.4, -0.2) is 31.2 Å². The number of benzene rings is 1. The number of nitrogens with zero attached hydrogens (tertiary/aromatic N) is 1. The predicted octanol–water partition coefficient (Wildman–Crippen LogP) is 1.42. The number of hydrogen-bond acceptors (Lipinski definition) is 3. The Balaban J connectivity index is 2.27. The van der Waals surface area contributed by atoms with E-state index in [9.17, 15) is 4.79 Å². The summed E-state index contributed by atoms with van der Waals surface area (Å²) in [5.41, 5.74) is 5.96. The maximum absolute atomic E-state index is 11.8. The number of ether oxygens (including phenoxy) is 1. The van der Waals surface area contributed by atoms with Crippen molar-refractivity contribution in [1.82, 2.24) is 0 Å². The quantitative estimate of drug-likeness (QED) is 0.869. The number of amides is 1. The van der Waals surface area contributed by atoms with E-state index in [1.165, 1.54) is 0 Å². The van der Waals surface area contributed by atoms with Crippen molar-refractivity contribution in [2.45, 2.75) is 12.5 Å². The first-order valence-corrected chi connectivity index (χ1v) is 5.82. The lowest BCUT2D eigenvalue weighted by Gasteiger charge is -2.39. The molecule has 5 heteroatoms. The van der Waals surface area contributed by atoms with E-state index in [2.05, 4.69) is 0 Å². The molecule has 1 aromatic rings. The average molecular weight is 255 g/mol. The summed E-state index contributed by atoms with van der Waals surface area (Å²) in [6.45, 7) is 2.78. The molecule has 17 heavy (non-hydrogen) atoms. The van der Waals surface area contributed by atoms with Gasteiger partial charge in [0.2, 0.25) is 0 Å². The minimum atomic E-state index is -0.490. The minimum Gasteiger partial charge on any atom is -0.362 e. The first-order valence-electron chi connectivity index (χ1n) is 5.44. The number of hydrogen-bond donors (Lipinski definition) is 1. The van der Waals surface area contributed by atoms with Crippen molar-refractivity contribution < 1.29 is 9.53 Å². The normalized spacial score (nSPS) is 25.1. The lowest BCUT2D eigenvalue weighted by atomic mass is 10.0. The SMILES string of the molecule is CC1(CN)CN(c2cccc(Cl)c2)C(=O)CO1. The first kappa shape index (κ1) is 12.4. The van der Waals surface area contributed by atoms with Crippen LogP contribution in [0.1, 0.15) is 6.92 Å². The van der Waals surface area contributed by atoms with Crippen LogP contribution in [0.2, 0.25) is 5.02 Å². The topological polar surface area (TPSA) is 55.6 Å². The van der Waals surface area contributed by atoms with Gasteiger partial charge < -0.3 is 15.4 Å². The Morgan fingerprint density at radius 2 is 2.35 bits per heavy atom. The molecule has 0 aromatic heterocycles. The van der Waals surface area contributed by atoms with Crippen LogP contribution in [0.5, 0.6) is 0 Å². The molecule has 0 radical (unpaired) electrons. The Hall–Kier alpha value is -1.10. The molecule has 2 rings (SSSR count). The Morgan fingerprint density at radius 1 is 1.59 bits per heavy atom. The molecule has 0 aliphatic carbocycles. The fourth-order valence-corrected chi connectivity index (χ4v) is 1.97. The number of carbonyl (C=O) groups excluding carboxylic acids is 1. The van der Waals surface area contributed by atoms with Gasteiger partial charge in [-0.2, -0.15) is 0 Å². The fourth-order valence-electron chi connectivity index (χ4n) is 1.78. The Bertz CT molecular complexity index is 438. The third-order valence-corrected chi connectivity index (χ3v) is 3.12. The molecule has 2 N–H and O–H groups in total. The summed E-state index contributed by atoms with van der Waals surface area (Å²) in [6, 6.07) is 7.21. The highest BCUT2D eigenvalue weighted by molar-refractivity contribution is 6.30. The second-order valence-electron chi connectivity index (χ2n) is 4.40. The van der Waals surface area contributed by atoms with Gasteiger partial charge in [-0.05, 0) is 25.1 Å². The molecular weight excluding hydrogens is 240 g/mol. The highest BCUT2D eigenvalue weighted by atomic mass is 35.5. The molecule has 1 saturated heterocycles. The molecule has 4 nitrogen and oxygen atoms in total. The van der Waals surface area contributed by atoms with Gasteiger partial charge in [0.1, 0.15) is 6.61 Å². The van der Waals surface area contributed by atoms with Gasteiger partial charge in [0.15, 0.2) is 0 Å². The van der Waals surface area contributed by atoms with Gasteiger partial charge in [0.25, 0.3) is 5.91 Å². The molecule has 1 fully saturated rings. The van der Waals surface area contributed by atoms with Gasteiger partial charge >= 0.3 is 0 Å². The van der Waals surface area contributed by atoms with Gasteiger partial charge in [-0.1, -0.05) is 17.7 Å². The van der Waals surface area contributed by atoms with Crippen LogP contribution in [0.3, 0.4) is 0 Å². The highest BCUT2D eigenvalue weighted by Gasteiger charge is 2.35. The standard InChI is InChI=1S/C12H15ClN2O2/c1-12(7-14)8-15(11(16)6-17-12)10-4-2-3-9(13)5-10/h2-5H,6-8,14H2,1H3. The van der Waals surface area contributed by atoms with Gasteiger partial charge in [-0.25, -0.2) is 0 Å². The monoisotopic (exact) mass is 254 g/mol. The zero-order chi connectivity index (χ0) is 12.5. The summed E-state index contributed by atoms with van der Waals surface area (Å²) in [6.07, 6.45) is 0. The number of rotatable bonds is 2. The largest absolute Gasteiger partial charge is 0.362 e. The van der Waals surface area contributed by atoms with Crippen molar-refractivity contribution in [1.29, 1.82) is 0 Å². The lowest BCUT2D eigenvalue weighted by Crippen LogP contribution is -2.56. The molecule has 1 aromatic carbocycles. The van der Waals surface area contributed by atoms with E-state index in [1.54, 1.807) is 17.0 Å². The van der Waals surface area contributed by atoms with Crippen LogP contribution in [0.4, 0.5) is 5.69 Å². The van der Waals surface area contributed by atoms with Gasteiger partial charge in [0.05, 0.1) is 12.1 Å². The number of morpholine rings is 1. The highest BCUT2D eigenvalue weighted by Crippen LogP contribution is 2.25. The summed E-state index contributed by atoms with van der Waals surface area (Å²) in [5, 5.41) is 0.608. The van der Waals surface area contributed by atoms with E-state index in [0.29, 0.717) is 18.1 Å². The van der Waals surface area contributed by atoms with E-state index in [1.807, 2.05) is 19.1 Å². The number of halogens is 1. The van der Waals surface area contributed by atoms with E-state index >= 15 is 0 Å². The van der Waals surface area contributed by atoms with Gasteiger partial charge in [-0.3, -0.25) is 4.79 Å². The van der Waals surface area contributed by atoms with Gasteiger partial charge in [0, 0.05) is 17.3 Å². The van der Waals surface area contributed by atoms with E-state index < -0.39 is 5.60 Å². The molecule has 1 aliphatic heterocycles. The van der Waals surface area contributed by atoms with Crippen LogP contribution in [0, 0.1) is 0 Å². The van der Waals surface area contributed by atoms with Crippen molar-refractivity contribution >= 4 is 23.2 Å². The second kappa shape index (κ2) is 4.64. The molecule has 0 spiro atoms. The molecular formula is C12H15ClN2O2. The molecule has 1 atom stereocenters. The predicted molar refractivity (Wildman–Crippen MR) is 67.2 cm³/mol. The van der Waals surface area contributed by atoms with Crippen LogP contribution >= 0.6 is 11.6 Å². The molecule has 1 heterocycles. The van der Waals surface area contributed by atoms with Crippen LogP contribution in [0.15, 0.2) is 24.3 Å². The maximum atomic E-state index is 11.8. The molecule has 92 valence electrons. The summed E-state index contributed by atoms with van der Waals surface area (Å²) in [5.74, 6) is -0.0711. The molecule has 1 unspecified atom stereocenters. The maximum Gasteiger partial charge on any atom is 0.253 e. The fraction of sp³-hybridized carbons (Fsp3) is 0.417. The first-order chi connectivity index (χ1) is 8.04. The third-order valence-electron chi connectivity index (χ3n) is 2.89. The van der Waals surface area contributed by atoms with E-state index in [4.69, 9.17) is 22.1 Å². The van der Waals surface area contributed by atoms with Crippen molar-refractivity contribution in [3.63, 3.8) is 0 Å². The summed E-state index contributed by atoms with van der Waals surface area (Å²) in [7, 11) is 0. The Labute approximate surface area is 105 Å². The Kier molecular flexibility index (Phi) is 3.38. The third kappa shape index (κ3) is 2.60. The van der Waals surface area contributed by atoms with Crippen molar-refractivity contribution in [2.24, 2.45) is 5.73 Å². The molecule has 1 aliphatic rings. The summed E-state index contributed by atoms with van der Waals surface area (Å²) < 4.78 is 5.46. The average Bonchev–Trinajstić information content (AvgIpc) is 2.33. The minimum absolute atomic E-state index is 0.0558. The van der Waals surface area contributed by atoms with Crippen molar-refractivity contribution in [3.8, 4) is 0 Å². The Morgan fingerprint density at radius 3 is 3.00 bits per heavy atom. The molecule has 0 bridgehead atoms. The van der Waals surface area contributed by atoms with Crippen LogP contribution in [-0.2, 0) is 9.53 Å². The summed E-state index contributed by atoms with van der Waals surface area (Å²) in [4.78, 5) is 13.5. The summed E-state index contributed by atoms with van der Waals surface area (Å²) >= 11 is 5.92. The van der Waals surface area contributed by atoms with Crippen LogP contribution in [0.25, 0.3) is 0 Å². The second-order valence-corrected chi connectivity index (χ2v) is 4.84. The number of anilines is 1. The molecule has 1 amide bonds. The number of nitrogens with two attached hydrogens (primary N) is 1. The van der Waals surface area contributed by atoms with Gasteiger partial charge in [-0.15, -0.1) is 0 Å². The zero-order valence-electron chi connectivity index (χ0n) is 9.65. The molecule has 0 saturated carbocycles. The zero-order valence-corrected chi connectivity index (χ0v) is 10.4. The smallest absolute Gasteiger partial charge is 0.253 e. The van der Waals surface area contributed by atoms with E-state index in [-0.39, 0.29) is 12.5 Å². The number of carbonyl (C=O) groups is 1. The van der Waals surface area contributed by atoms with Crippen molar-refractivity contribution in [3.05, 3.63) is 29.3 Å².